The van der Waals surface area contributed by atoms with E-state index in [0.717, 1.165) is 48.1 Å². The van der Waals surface area contributed by atoms with Crippen LogP contribution < -0.4 is 27.5 Å². The van der Waals surface area contributed by atoms with E-state index in [-0.39, 0.29) is 18.3 Å². The summed E-state index contributed by atoms with van der Waals surface area (Å²) >= 11 is 0. The summed E-state index contributed by atoms with van der Waals surface area (Å²) < 4.78 is 2.10. The summed E-state index contributed by atoms with van der Waals surface area (Å²) in [6.45, 7) is 7.84. The molecule has 0 unspecified atom stereocenters. The maximum absolute atomic E-state index is 12.7. The number of phenols is 1. The molecule has 2 heterocycles. The molecule has 0 saturated carbocycles. The molecule has 1 aromatic heterocycles. The van der Waals surface area contributed by atoms with Gasteiger partial charge in [-0.2, -0.15) is 4.68 Å². The lowest BCUT2D eigenvalue weighted by Gasteiger charge is -2.32. The van der Waals surface area contributed by atoms with Gasteiger partial charge in [-0.05, 0) is 61.9 Å². The number of aryl methyl sites for hydroxylation is 3. The Balaban J connectivity index is 1.82. The number of nitrogens with one attached hydrogen (secondary N) is 2. The van der Waals surface area contributed by atoms with Crippen molar-refractivity contribution in [2.24, 2.45) is 7.05 Å². The molecule has 1 aliphatic rings. The summed E-state index contributed by atoms with van der Waals surface area (Å²) in [5.41, 5.74) is 8.64. The van der Waals surface area contributed by atoms with E-state index in [2.05, 4.69) is 48.4 Å². The minimum absolute atomic E-state index is 0.0604. The molecule has 0 atom stereocenters. The number of aromatic hydroxyl groups is 1. The summed E-state index contributed by atoms with van der Waals surface area (Å²) in [5, 5.41) is 17.0. The van der Waals surface area contributed by atoms with E-state index in [1.807, 2.05) is 26.0 Å². The number of phenolic OH excluding ortho intramolecular Hbond substituents is 1. The first-order chi connectivity index (χ1) is 15.7. The molecular weight excluding hydrogens is 415 g/mol. The van der Waals surface area contributed by atoms with Gasteiger partial charge in [0.25, 0.3) is 0 Å². The van der Waals surface area contributed by atoms with Gasteiger partial charge in [0.05, 0.1) is 0 Å². The minimum Gasteiger partial charge on any atom is -0.506 e. The Morgan fingerprint density at radius 1 is 0.909 bits per heavy atom. The van der Waals surface area contributed by atoms with Gasteiger partial charge in [-0.25, -0.2) is 19.3 Å². The maximum Gasteiger partial charge on any atom is 0.351 e. The number of H-pyrrole nitrogens is 1. The molecule has 0 bridgehead atoms. The largest absolute Gasteiger partial charge is 0.506 e. The Morgan fingerprint density at radius 3 is 2.30 bits per heavy atom. The summed E-state index contributed by atoms with van der Waals surface area (Å²) in [4.78, 5) is 24.8. The topological polar surface area (TPSA) is 92.0 Å². The fourth-order valence-corrected chi connectivity index (χ4v) is 5.17. The molecule has 8 heteroatoms. The molecule has 3 aromatic carbocycles. The Labute approximate surface area is 191 Å². The van der Waals surface area contributed by atoms with Gasteiger partial charge in [-0.1, -0.05) is 47.0 Å². The number of hydrogen-bond donors (Lipinski definition) is 3. The van der Waals surface area contributed by atoms with Crippen molar-refractivity contribution >= 4 is 23.5 Å². The van der Waals surface area contributed by atoms with E-state index < -0.39 is 11.4 Å². The van der Waals surface area contributed by atoms with Crippen molar-refractivity contribution in [2.45, 2.75) is 27.7 Å². The molecule has 1 aliphatic heterocycles. The van der Waals surface area contributed by atoms with Gasteiger partial charge in [0, 0.05) is 18.3 Å². The highest BCUT2D eigenvalue weighted by Gasteiger charge is 2.34. The third-order valence-electron chi connectivity index (χ3n) is 6.62. The van der Waals surface area contributed by atoms with Crippen molar-refractivity contribution in [1.29, 1.82) is 0 Å². The monoisotopic (exact) mass is 440 g/mol. The lowest BCUT2D eigenvalue weighted by Crippen LogP contribution is -2.55. The molecule has 7 nitrogen and oxygen atoms in total. The van der Waals surface area contributed by atoms with E-state index >= 15 is 0 Å². The van der Waals surface area contributed by atoms with Crippen LogP contribution in [0.3, 0.4) is 0 Å². The van der Waals surface area contributed by atoms with Crippen molar-refractivity contribution in [3.05, 3.63) is 85.7 Å². The number of hydrogen-bond acceptors (Lipinski definition) is 4. The van der Waals surface area contributed by atoms with Gasteiger partial charge in [0.15, 0.2) is 0 Å². The predicted molar refractivity (Wildman–Crippen MR) is 133 cm³/mol. The summed E-state index contributed by atoms with van der Waals surface area (Å²) in [6, 6.07) is 14.3. The highest BCUT2D eigenvalue weighted by molar-refractivity contribution is 6.90. The molecular formula is C25H25BN4O3. The number of benzene rings is 3. The molecule has 0 amide bonds. The Kier molecular flexibility index (Phi) is 4.63. The van der Waals surface area contributed by atoms with Gasteiger partial charge in [-0.15, -0.1) is 0 Å². The van der Waals surface area contributed by atoms with Crippen LogP contribution in [0.4, 0.5) is 5.69 Å². The number of para-hydroxylation sites is 1. The lowest BCUT2D eigenvalue weighted by molar-refractivity contribution is 0.468. The first kappa shape index (κ1) is 20.9. The molecule has 3 N–H and O–H groups in total. The van der Waals surface area contributed by atoms with Crippen LogP contribution in [0.2, 0.25) is 0 Å². The van der Waals surface area contributed by atoms with Crippen LogP contribution in [0.25, 0.3) is 16.8 Å². The van der Waals surface area contributed by atoms with Crippen molar-refractivity contribution in [3.8, 4) is 22.6 Å². The molecule has 0 radical (unpaired) electrons. The third kappa shape index (κ3) is 3.05. The molecule has 166 valence electrons. The second-order valence-corrected chi connectivity index (χ2v) is 8.86. The van der Waals surface area contributed by atoms with Gasteiger partial charge in [0.2, 0.25) is 0 Å². The summed E-state index contributed by atoms with van der Waals surface area (Å²) in [6.07, 6.45) is 0. The first-order valence-corrected chi connectivity index (χ1v) is 10.9. The fraction of sp³-hybridized carbons (Fsp3) is 0.200. The lowest BCUT2D eigenvalue weighted by atomic mass is 9.45. The predicted octanol–water partition coefficient (Wildman–Crippen LogP) is 2.00. The number of rotatable bonds is 2. The summed E-state index contributed by atoms with van der Waals surface area (Å²) in [5.74, 6) is -0.0604. The van der Waals surface area contributed by atoms with Crippen LogP contribution in [-0.2, 0) is 7.05 Å². The molecule has 0 spiro atoms. The quantitative estimate of drug-likeness (QED) is 0.416. The molecule has 4 aromatic rings. The smallest absolute Gasteiger partial charge is 0.351 e. The van der Waals surface area contributed by atoms with E-state index in [4.69, 9.17) is 0 Å². The van der Waals surface area contributed by atoms with Gasteiger partial charge < -0.3 is 10.3 Å². The highest BCUT2D eigenvalue weighted by atomic mass is 16.3. The number of aromatic amines is 1. The number of nitrogens with zero attached hydrogens (tertiary/aromatic N) is 2. The van der Waals surface area contributed by atoms with Crippen LogP contribution in [0, 0.1) is 27.7 Å². The van der Waals surface area contributed by atoms with Crippen LogP contribution in [-0.4, -0.2) is 26.3 Å². The normalized spacial score (nSPS) is 12.3. The second kappa shape index (κ2) is 7.30. The highest BCUT2D eigenvalue weighted by Crippen LogP contribution is 2.33. The SMILES string of the molecule is Cc1cc(C)c2c(c1)-c1ccccc1NB2c1c(C)cc(O)c(-n2[nH]c(=O)n(C)c2=O)c1C. The van der Waals surface area contributed by atoms with Crippen molar-refractivity contribution in [1.82, 2.24) is 14.3 Å². The molecule has 0 fully saturated rings. The second-order valence-electron chi connectivity index (χ2n) is 8.86. The molecule has 5 rings (SSSR count). The van der Waals surface area contributed by atoms with Gasteiger partial charge in [-0.3, -0.25) is 0 Å². The summed E-state index contributed by atoms with van der Waals surface area (Å²) in [7, 11) is 1.40. The van der Waals surface area contributed by atoms with Crippen LogP contribution >= 0.6 is 0 Å². The third-order valence-corrected chi connectivity index (χ3v) is 6.62. The molecule has 0 saturated heterocycles. The Morgan fingerprint density at radius 2 is 1.61 bits per heavy atom. The van der Waals surface area contributed by atoms with Crippen LogP contribution in [0.1, 0.15) is 22.3 Å². The average molecular weight is 440 g/mol. The van der Waals surface area contributed by atoms with Crippen molar-refractivity contribution < 1.29 is 5.11 Å². The molecule has 33 heavy (non-hydrogen) atoms. The van der Waals surface area contributed by atoms with Crippen LogP contribution in [0.5, 0.6) is 5.75 Å². The minimum atomic E-state index is -0.540. The maximum atomic E-state index is 12.7. The Bertz CT molecular complexity index is 1560. The zero-order chi connectivity index (χ0) is 23.6. The van der Waals surface area contributed by atoms with E-state index in [0.29, 0.717) is 0 Å². The van der Waals surface area contributed by atoms with E-state index in [9.17, 15) is 14.7 Å². The molecule has 0 aliphatic carbocycles. The van der Waals surface area contributed by atoms with Crippen LogP contribution in [0.15, 0.2) is 52.1 Å². The standard InChI is InChI=1S/C25H25BN4O3/c1-13-10-14(2)22-18(11-13)17-8-6-7-9-19(17)27-26(22)21-15(3)12-20(31)23(16(21)4)30-25(33)29(5)24(32)28-30/h6-12,27,31H,1-5H3,(H,28,32). The van der Waals surface area contributed by atoms with Gasteiger partial charge >= 0.3 is 18.2 Å². The zero-order valence-electron chi connectivity index (χ0n) is 19.3. The number of fused-ring (bicyclic) bond motifs is 3. The fourth-order valence-electron chi connectivity index (χ4n) is 5.17. The van der Waals surface area contributed by atoms with E-state index in [1.54, 1.807) is 6.07 Å². The zero-order valence-corrected chi connectivity index (χ0v) is 19.3. The van der Waals surface area contributed by atoms with Gasteiger partial charge in [0.1, 0.15) is 11.4 Å². The van der Waals surface area contributed by atoms with Crippen molar-refractivity contribution in [2.75, 3.05) is 5.23 Å². The van der Waals surface area contributed by atoms with Crippen molar-refractivity contribution in [3.63, 3.8) is 0 Å². The van der Waals surface area contributed by atoms with E-state index in [1.165, 1.54) is 18.2 Å². The Hall–Kier alpha value is -3.94. The first-order valence-electron chi connectivity index (χ1n) is 10.9. The average Bonchev–Trinajstić information content (AvgIpc) is 3.00. The number of anilines is 1. The number of aromatic nitrogens is 3.